The van der Waals surface area contributed by atoms with Crippen LogP contribution >= 0.6 is 27.5 Å². The van der Waals surface area contributed by atoms with E-state index >= 15 is 0 Å². The molecule has 0 heterocycles. The van der Waals surface area contributed by atoms with Crippen molar-refractivity contribution in [1.29, 1.82) is 0 Å². The molecule has 0 fully saturated rings. The molecule has 0 aliphatic rings. The molecule has 1 atom stereocenters. The molecular weight excluding hydrogens is 348 g/mol. The van der Waals surface area contributed by atoms with Crippen LogP contribution < -0.4 is 4.74 Å². The number of ether oxygens (including phenoxy) is 1. The first-order chi connectivity index (χ1) is 10.2. The Bertz CT molecular complexity index is 556. The molecule has 0 amide bonds. The number of hydrogen-bond acceptors (Lipinski definition) is 1. The molecule has 3 heteroatoms. The zero-order valence-corrected chi connectivity index (χ0v) is 14.5. The van der Waals surface area contributed by atoms with Gasteiger partial charge < -0.3 is 4.74 Å². The Morgan fingerprint density at radius 1 is 1.10 bits per heavy atom. The lowest BCUT2D eigenvalue weighted by molar-refractivity contribution is 0.255. The Kier molecular flexibility index (Phi) is 6.59. The van der Waals surface area contributed by atoms with E-state index in [4.69, 9.17) is 16.3 Å². The smallest absolute Gasteiger partial charge is 0.137 e. The topological polar surface area (TPSA) is 9.23 Å². The van der Waals surface area contributed by atoms with Gasteiger partial charge in [0.1, 0.15) is 5.75 Å². The van der Waals surface area contributed by atoms with Gasteiger partial charge in [0.15, 0.2) is 0 Å². The summed E-state index contributed by atoms with van der Waals surface area (Å²) in [6, 6.07) is 16.2. The molecule has 112 valence electrons. The van der Waals surface area contributed by atoms with Gasteiger partial charge in [-0.3, -0.25) is 0 Å². The van der Waals surface area contributed by atoms with Gasteiger partial charge >= 0.3 is 0 Å². The molecular formula is C18H20BrClO. The van der Waals surface area contributed by atoms with Gasteiger partial charge in [-0.2, -0.15) is 0 Å². The van der Waals surface area contributed by atoms with Crippen LogP contribution in [-0.2, 0) is 0 Å². The Balaban J connectivity index is 2.06. The largest absolute Gasteiger partial charge is 0.492 e. The fourth-order valence-corrected chi connectivity index (χ4v) is 2.99. The highest BCUT2D eigenvalue weighted by Crippen LogP contribution is 2.30. The summed E-state index contributed by atoms with van der Waals surface area (Å²) in [5.74, 6) is 1.29. The third-order valence-electron chi connectivity index (χ3n) is 3.43. The van der Waals surface area contributed by atoms with Gasteiger partial charge in [-0.1, -0.05) is 77.3 Å². The Morgan fingerprint density at radius 2 is 1.86 bits per heavy atom. The van der Waals surface area contributed by atoms with Crippen molar-refractivity contribution in [2.75, 3.05) is 11.9 Å². The predicted molar refractivity (Wildman–Crippen MR) is 94.6 cm³/mol. The average molecular weight is 368 g/mol. The summed E-state index contributed by atoms with van der Waals surface area (Å²) >= 11 is 9.88. The maximum Gasteiger partial charge on any atom is 0.137 e. The lowest BCUT2D eigenvalue weighted by Crippen LogP contribution is -2.13. The van der Waals surface area contributed by atoms with E-state index in [0.29, 0.717) is 17.5 Å². The van der Waals surface area contributed by atoms with Crippen LogP contribution in [-0.4, -0.2) is 11.9 Å². The van der Waals surface area contributed by atoms with Crippen LogP contribution in [0.4, 0.5) is 0 Å². The van der Waals surface area contributed by atoms with Crippen LogP contribution in [0.25, 0.3) is 11.1 Å². The van der Waals surface area contributed by atoms with Crippen molar-refractivity contribution < 1.29 is 4.74 Å². The quantitative estimate of drug-likeness (QED) is 0.530. The number of hydrogen-bond donors (Lipinski definition) is 0. The maximum atomic E-state index is 6.35. The van der Waals surface area contributed by atoms with Crippen molar-refractivity contribution in [3.63, 3.8) is 0 Å². The number of halogens is 2. The maximum absolute atomic E-state index is 6.35. The summed E-state index contributed by atoms with van der Waals surface area (Å²) in [5, 5.41) is 1.63. The molecule has 0 aliphatic carbocycles. The van der Waals surface area contributed by atoms with E-state index < -0.39 is 0 Å². The normalized spacial score (nSPS) is 12.1. The van der Waals surface area contributed by atoms with Crippen molar-refractivity contribution in [1.82, 2.24) is 0 Å². The predicted octanol–water partition coefficient (Wildman–Crippen LogP) is 6.20. The van der Waals surface area contributed by atoms with Crippen LogP contribution in [0.3, 0.4) is 0 Å². The van der Waals surface area contributed by atoms with Crippen LogP contribution in [0.1, 0.15) is 19.8 Å². The second kappa shape index (κ2) is 8.45. The van der Waals surface area contributed by atoms with Crippen molar-refractivity contribution in [2.45, 2.75) is 19.8 Å². The average Bonchev–Trinajstić information content (AvgIpc) is 2.53. The lowest BCUT2D eigenvalue weighted by atomic mass is 10.1. The minimum atomic E-state index is 0.528. The molecule has 2 aromatic carbocycles. The molecule has 1 nitrogen and oxygen atoms in total. The van der Waals surface area contributed by atoms with E-state index in [1.165, 1.54) is 6.42 Å². The van der Waals surface area contributed by atoms with Crippen molar-refractivity contribution >= 4 is 27.5 Å². The molecule has 0 aliphatic heterocycles. The summed E-state index contributed by atoms with van der Waals surface area (Å²) in [5.41, 5.74) is 2.27. The van der Waals surface area contributed by atoms with E-state index in [2.05, 4.69) is 41.1 Å². The van der Waals surface area contributed by atoms with Gasteiger partial charge in [-0.15, -0.1) is 0 Å². The van der Waals surface area contributed by atoms with E-state index in [0.717, 1.165) is 28.6 Å². The van der Waals surface area contributed by atoms with E-state index in [1.807, 2.05) is 30.3 Å². The highest BCUT2D eigenvalue weighted by atomic mass is 79.9. The van der Waals surface area contributed by atoms with Crippen molar-refractivity contribution in [3.8, 4) is 16.9 Å². The summed E-state index contributed by atoms with van der Waals surface area (Å²) in [7, 11) is 0. The molecule has 2 aromatic rings. The number of alkyl halides is 1. The van der Waals surface area contributed by atoms with Crippen LogP contribution in [0.5, 0.6) is 5.75 Å². The monoisotopic (exact) mass is 366 g/mol. The van der Waals surface area contributed by atoms with Crippen LogP contribution in [0, 0.1) is 5.92 Å². The van der Waals surface area contributed by atoms with Gasteiger partial charge in [0.05, 0.1) is 11.6 Å². The number of benzene rings is 2. The highest BCUT2D eigenvalue weighted by molar-refractivity contribution is 9.09. The van der Waals surface area contributed by atoms with E-state index in [1.54, 1.807) is 0 Å². The third-order valence-corrected chi connectivity index (χ3v) is 4.64. The molecule has 0 saturated carbocycles. The zero-order valence-electron chi connectivity index (χ0n) is 12.2. The van der Waals surface area contributed by atoms with Gasteiger partial charge in [-0.25, -0.2) is 0 Å². The molecule has 0 aromatic heterocycles. The molecule has 0 radical (unpaired) electrons. The third kappa shape index (κ3) is 4.76. The summed E-state index contributed by atoms with van der Waals surface area (Å²) in [6.45, 7) is 2.89. The van der Waals surface area contributed by atoms with Crippen LogP contribution in [0.2, 0.25) is 5.02 Å². The standard InChI is InChI=1S/C18H20BrClO/c1-2-6-14(12-19)13-21-18-10-9-16(11-17(18)20)15-7-4-3-5-8-15/h3-5,7-11,14H,2,6,12-13H2,1H3. The first-order valence-electron chi connectivity index (χ1n) is 7.28. The molecule has 0 bridgehead atoms. The molecule has 0 N–H and O–H groups in total. The Hall–Kier alpha value is -0.990. The van der Waals surface area contributed by atoms with Gasteiger partial charge in [0.25, 0.3) is 0 Å². The molecule has 21 heavy (non-hydrogen) atoms. The summed E-state index contributed by atoms with van der Waals surface area (Å²) in [6.07, 6.45) is 2.32. The van der Waals surface area contributed by atoms with E-state index in [9.17, 15) is 0 Å². The molecule has 2 rings (SSSR count). The van der Waals surface area contributed by atoms with Crippen molar-refractivity contribution in [3.05, 3.63) is 53.6 Å². The highest BCUT2D eigenvalue weighted by Gasteiger charge is 2.09. The van der Waals surface area contributed by atoms with Crippen LogP contribution in [0.15, 0.2) is 48.5 Å². The fourth-order valence-electron chi connectivity index (χ4n) is 2.25. The fraction of sp³-hybridized carbons (Fsp3) is 0.333. The van der Waals surface area contributed by atoms with Gasteiger partial charge in [0, 0.05) is 11.2 Å². The molecule has 0 spiro atoms. The van der Waals surface area contributed by atoms with Crippen molar-refractivity contribution in [2.24, 2.45) is 5.92 Å². The van der Waals surface area contributed by atoms with E-state index in [-0.39, 0.29) is 0 Å². The Labute approximate surface area is 140 Å². The second-order valence-electron chi connectivity index (χ2n) is 5.13. The van der Waals surface area contributed by atoms with Gasteiger partial charge in [0.2, 0.25) is 0 Å². The lowest BCUT2D eigenvalue weighted by Gasteiger charge is -2.15. The summed E-state index contributed by atoms with van der Waals surface area (Å²) in [4.78, 5) is 0. The van der Waals surface area contributed by atoms with Gasteiger partial charge in [-0.05, 0) is 29.7 Å². The molecule has 0 saturated heterocycles. The minimum absolute atomic E-state index is 0.528. The minimum Gasteiger partial charge on any atom is -0.492 e. The molecule has 1 unspecified atom stereocenters. The second-order valence-corrected chi connectivity index (χ2v) is 6.19. The Morgan fingerprint density at radius 3 is 2.48 bits per heavy atom. The number of rotatable bonds is 7. The first kappa shape index (κ1) is 16.4. The zero-order chi connectivity index (χ0) is 15.1. The summed E-state index contributed by atoms with van der Waals surface area (Å²) < 4.78 is 5.87. The first-order valence-corrected chi connectivity index (χ1v) is 8.78. The SMILES string of the molecule is CCCC(CBr)COc1ccc(-c2ccccc2)cc1Cl.